The van der Waals surface area contributed by atoms with Gasteiger partial charge >= 0.3 is 0 Å². The van der Waals surface area contributed by atoms with Crippen molar-refractivity contribution in [2.24, 2.45) is 0 Å². The second-order valence-electron chi connectivity index (χ2n) is 15.6. The van der Waals surface area contributed by atoms with Crippen LogP contribution in [0.1, 0.15) is 0 Å². The molecule has 0 N–H and O–H groups in total. The zero-order valence-corrected chi connectivity index (χ0v) is 32.9. The first kappa shape index (κ1) is 32.6. The first-order chi connectivity index (χ1) is 26.3. The van der Waals surface area contributed by atoms with Crippen molar-refractivity contribution in [2.75, 3.05) is 0 Å². The number of hydrogen-bond acceptors (Lipinski definition) is 3. The van der Waals surface area contributed by atoms with E-state index in [1.54, 1.807) is 0 Å². The maximum absolute atomic E-state index is 5.23. The zero-order valence-electron chi connectivity index (χ0n) is 30.9. The third kappa shape index (κ3) is 5.03. The minimum Gasteiger partial charge on any atom is -0.208 e. The molecule has 0 saturated carbocycles. The molecule has 2 aliphatic rings. The molecule has 54 heavy (non-hydrogen) atoms. The van der Waals surface area contributed by atoms with E-state index in [-0.39, 0.29) is 0 Å². The molecule has 0 unspecified atom stereocenters. The average molecular weight is 726 g/mol. The fourth-order valence-corrected chi connectivity index (χ4v) is 16.1. The Labute approximate surface area is 319 Å². The lowest BCUT2D eigenvalue weighted by molar-refractivity contribution is 1.07. The number of hydrogen-bond donors (Lipinski definition) is 0. The summed E-state index contributed by atoms with van der Waals surface area (Å²) in [5.74, 6) is 2.01. The molecule has 258 valence electrons. The van der Waals surface area contributed by atoms with Crippen LogP contribution in [0.3, 0.4) is 0 Å². The van der Waals surface area contributed by atoms with E-state index in [1.807, 2.05) is 36.4 Å². The molecule has 2 aliphatic heterocycles. The fraction of sp³-hybridized carbons (Fsp3) is 0.0816. The Morgan fingerprint density at radius 3 is 1.07 bits per heavy atom. The van der Waals surface area contributed by atoms with Crippen molar-refractivity contribution < 1.29 is 0 Å². The van der Waals surface area contributed by atoms with Gasteiger partial charge in [0.15, 0.2) is 17.5 Å². The molecule has 10 rings (SSSR count). The quantitative estimate of drug-likeness (QED) is 0.166. The van der Waals surface area contributed by atoms with Crippen LogP contribution in [0.4, 0.5) is 0 Å². The van der Waals surface area contributed by atoms with E-state index in [2.05, 4.69) is 154 Å². The molecule has 0 spiro atoms. The van der Waals surface area contributed by atoms with Crippen LogP contribution in [0, 0.1) is 0 Å². The number of nitrogens with zero attached hydrogens (tertiary/aromatic N) is 3. The lowest BCUT2D eigenvalue weighted by Crippen LogP contribution is -2.50. The molecule has 1 aromatic heterocycles. The molecule has 0 atom stereocenters. The predicted molar refractivity (Wildman–Crippen MR) is 231 cm³/mol. The van der Waals surface area contributed by atoms with E-state index in [4.69, 9.17) is 15.0 Å². The van der Waals surface area contributed by atoms with E-state index in [9.17, 15) is 0 Å². The highest BCUT2D eigenvalue weighted by Crippen LogP contribution is 2.39. The van der Waals surface area contributed by atoms with Crippen LogP contribution < -0.4 is 20.7 Å². The van der Waals surface area contributed by atoms with E-state index < -0.39 is 16.1 Å². The minimum absolute atomic E-state index is 0.667. The Kier molecular flexibility index (Phi) is 7.41. The van der Waals surface area contributed by atoms with E-state index in [1.165, 1.54) is 65.3 Å². The maximum Gasteiger partial charge on any atom is 0.164 e. The molecular weight excluding hydrogens is 687 g/mol. The summed E-state index contributed by atoms with van der Waals surface area (Å²) in [7, 11) is -4.05. The van der Waals surface area contributed by atoms with Crippen LogP contribution in [0.25, 0.3) is 78.7 Å². The number of fused-ring (bicyclic) bond motifs is 6. The molecule has 0 amide bonds. The summed E-state index contributed by atoms with van der Waals surface area (Å²) in [5, 5.41) is 6.01. The summed E-state index contributed by atoms with van der Waals surface area (Å²) in [6, 6.07) is 59.5. The molecule has 0 fully saturated rings. The van der Waals surface area contributed by atoms with Crippen LogP contribution in [-0.2, 0) is 0 Å². The fourth-order valence-electron chi connectivity index (χ4n) is 9.18. The molecule has 0 bridgehead atoms. The van der Waals surface area contributed by atoms with Crippen LogP contribution in [0.5, 0.6) is 0 Å². The van der Waals surface area contributed by atoms with Crippen LogP contribution >= 0.6 is 0 Å². The second-order valence-corrected chi connectivity index (χ2v) is 24.2. The van der Waals surface area contributed by atoms with Gasteiger partial charge in [0.25, 0.3) is 0 Å². The molecule has 3 nitrogen and oxygen atoms in total. The van der Waals surface area contributed by atoms with Gasteiger partial charge in [-0.05, 0) is 83.5 Å². The summed E-state index contributed by atoms with van der Waals surface area (Å²) >= 11 is 0. The summed E-state index contributed by atoms with van der Waals surface area (Å²) in [5.41, 5.74) is 13.4. The topological polar surface area (TPSA) is 38.7 Å². The average Bonchev–Trinajstić information content (AvgIpc) is 3.61. The minimum atomic E-state index is -2.03. The Morgan fingerprint density at radius 2 is 0.630 bits per heavy atom. The van der Waals surface area contributed by atoms with E-state index >= 15 is 0 Å². The van der Waals surface area contributed by atoms with E-state index in [0.717, 1.165) is 16.7 Å². The van der Waals surface area contributed by atoms with Gasteiger partial charge in [0.2, 0.25) is 0 Å². The Balaban J connectivity index is 1.26. The molecule has 5 heteroatoms. The van der Waals surface area contributed by atoms with Crippen LogP contribution in [0.2, 0.25) is 26.2 Å². The van der Waals surface area contributed by atoms with Crippen molar-refractivity contribution in [3.63, 3.8) is 0 Å². The lowest BCUT2D eigenvalue weighted by Gasteiger charge is -2.24. The van der Waals surface area contributed by atoms with Gasteiger partial charge in [0, 0.05) is 16.7 Å². The van der Waals surface area contributed by atoms with Crippen LogP contribution in [0.15, 0.2) is 164 Å². The Morgan fingerprint density at radius 1 is 0.296 bits per heavy atom. The summed E-state index contributed by atoms with van der Waals surface area (Å²) in [6.45, 7) is 10.0. The predicted octanol–water partition coefficient (Wildman–Crippen LogP) is 9.81. The van der Waals surface area contributed by atoms with Crippen molar-refractivity contribution in [2.45, 2.75) is 26.2 Å². The smallest absolute Gasteiger partial charge is 0.164 e. The number of benzene rings is 7. The molecule has 3 heterocycles. The van der Waals surface area contributed by atoms with Gasteiger partial charge in [0.1, 0.15) is 16.1 Å². The van der Waals surface area contributed by atoms with Gasteiger partial charge in [-0.3, -0.25) is 0 Å². The first-order valence-electron chi connectivity index (χ1n) is 18.8. The van der Waals surface area contributed by atoms with Crippen molar-refractivity contribution in [1.82, 2.24) is 15.0 Å². The summed E-state index contributed by atoms with van der Waals surface area (Å²) < 4.78 is 0. The zero-order chi connectivity index (χ0) is 36.6. The van der Waals surface area contributed by atoms with Crippen molar-refractivity contribution >= 4 is 36.9 Å². The van der Waals surface area contributed by atoms with Crippen LogP contribution in [-0.4, -0.2) is 31.1 Å². The Bertz CT molecular complexity index is 2590. The van der Waals surface area contributed by atoms with Gasteiger partial charge in [-0.15, -0.1) is 0 Å². The monoisotopic (exact) mass is 725 g/mol. The highest BCUT2D eigenvalue weighted by molar-refractivity contribution is 7.05. The van der Waals surface area contributed by atoms with Crippen molar-refractivity contribution in [3.8, 4) is 78.7 Å². The van der Waals surface area contributed by atoms with Gasteiger partial charge < -0.3 is 0 Å². The van der Waals surface area contributed by atoms with Gasteiger partial charge in [-0.1, -0.05) is 172 Å². The normalized spacial score (nSPS) is 14.2. The van der Waals surface area contributed by atoms with Gasteiger partial charge in [-0.2, -0.15) is 0 Å². The largest absolute Gasteiger partial charge is 0.208 e. The van der Waals surface area contributed by atoms with Gasteiger partial charge in [0.05, 0.1) is 0 Å². The lowest BCUT2D eigenvalue weighted by atomic mass is 9.92. The first-order valence-corrected chi connectivity index (χ1v) is 24.8. The van der Waals surface area contributed by atoms with E-state index in [0.29, 0.717) is 17.5 Å². The van der Waals surface area contributed by atoms with Crippen molar-refractivity contribution in [3.05, 3.63) is 164 Å². The molecule has 8 aromatic rings. The van der Waals surface area contributed by atoms with Gasteiger partial charge in [-0.25, -0.2) is 15.0 Å². The maximum atomic E-state index is 5.23. The standard InChI is InChI=1S/C49H39N3Si2/c1-53(2)43-27-13-11-21-39(43)41-25-15-23-37(45(41)53)34-29-35(38-24-16-26-42-40-22-12-14-28-44(40)54(3,4)46(38)42)31-36(30-34)49-51-47(32-17-7-5-8-18-32)50-48(52-49)33-19-9-6-10-20-33/h5-31H,1-4H3. The third-order valence-corrected chi connectivity index (χ3v) is 18.8. The SMILES string of the molecule is C[Si]1(C)c2ccccc2-c2cccc(-c3cc(-c4nc(-c5ccccc5)nc(-c5ccccc5)n4)cc(-c4cccc5c4[Si](C)(C)c4ccccc4-5)c3)c21. The number of aromatic nitrogens is 3. The summed E-state index contributed by atoms with van der Waals surface area (Å²) in [4.78, 5) is 15.5. The Hall–Kier alpha value is -6.02. The summed E-state index contributed by atoms with van der Waals surface area (Å²) in [6.07, 6.45) is 0. The molecule has 0 aliphatic carbocycles. The highest BCUT2D eigenvalue weighted by atomic mass is 28.3. The molecular formula is C49H39N3Si2. The third-order valence-electron chi connectivity index (χ3n) is 11.7. The molecule has 0 saturated heterocycles. The van der Waals surface area contributed by atoms with Crippen molar-refractivity contribution in [1.29, 1.82) is 0 Å². The highest BCUT2D eigenvalue weighted by Gasteiger charge is 2.41. The molecule has 7 aromatic carbocycles. The molecule has 0 radical (unpaired) electrons. The number of rotatable bonds is 5. The second kappa shape index (κ2) is 12.3.